The Morgan fingerprint density at radius 1 is 1.37 bits per heavy atom. The number of rotatable bonds is 3. The Morgan fingerprint density at radius 3 is 2.84 bits per heavy atom. The van der Waals surface area contributed by atoms with Crippen LogP contribution in [0.15, 0.2) is 12.4 Å². The summed E-state index contributed by atoms with van der Waals surface area (Å²) < 4.78 is 1.75. The molecule has 1 atom stereocenters. The summed E-state index contributed by atoms with van der Waals surface area (Å²) in [6.07, 6.45) is 7.97. The Morgan fingerprint density at radius 2 is 2.16 bits per heavy atom. The van der Waals surface area contributed by atoms with E-state index in [9.17, 15) is 4.79 Å². The molecule has 19 heavy (non-hydrogen) atoms. The number of hydrogen-bond acceptors (Lipinski definition) is 3. The minimum absolute atomic E-state index is 0.245. The molecular weight excluding hydrogens is 240 g/mol. The van der Waals surface area contributed by atoms with Gasteiger partial charge in [-0.05, 0) is 37.9 Å². The molecule has 0 N–H and O–H groups in total. The molecule has 104 valence electrons. The maximum absolute atomic E-state index is 12.3. The van der Waals surface area contributed by atoms with E-state index in [1.807, 2.05) is 18.1 Å². The van der Waals surface area contributed by atoms with Crippen molar-refractivity contribution in [3.05, 3.63) is 18.0 Å². The predicted octanol–water partition coefficient (Wildman–Crippen LogP) is 0.659. The number of likely N-dealkylation sites (tertiary alicyclic amines) is 2. The minimum Gasteiger partial charge on any atom is -0.341 e. The molecule has 0 aromatic carbocycles. The molecule has 2 fully saturated rings. The summed E-state index contributed by atoms with van der Waals surface area (Å²) in [6.45, 7) is 4.27. The first-order valence-electron chi connectivity index (χ1n) is 7.22. The Labute approximate surface area is 114 Å². The lowest BCUT2D eigenvalue weighted by molar-refractivity contribution is -0.129. The van der Waals surface area contributed by atoms with E-state index in [-0.39, 0.29) is 5.91 Å². The summed E-state index contributed by atoms with van der Waals surface area (Å²) >= 11 is 0. The first-order chi connectivity index (χ1) is 9.22. The van der Waals surface area contributed by atoms with Gasteiger partial charge in [-0.25, -0.2) is 0 Å². The molecule has 1 aromatic rings. The smallest absolute Gasteiger partial charge is 0.227 e. The Bertz CT molecular complexity index is 450. The number of carbonyl (C=O) groups is 1. The summed E-state index contributed by atoms with van der Waals surface area (Å²) in [5.74, 6) is 0.245. The summed E-state index contributed by atoms with van der Waals surface area (Å²) in [5, 5.41) is 4.11. The molecule has 0 saturated carbocycles. The third-order valence-electron chi connectivity index (χ3n) is 4.29. The number of hydrogen-bond donors (Lipinski definition) is 0. The van der Waals surface area contributed by atoms with Crippen molar-refractivity contribution in [1.29, 1.82) is 0 Å². The van der Waals surface area contributed by atoms with Gasteiger partial charge in [0.1, 0.15) is 0 Å². The third-order valence-corrected chi connectivity index (χ3v) is 4.29. The van der Waals surface area contributed by atoms with Gasteiger partial charge in [-0.15, -0.1) is 0 Å². The highest BCUT2D eigenvalue weighted by atomic mass is 16.2. The quantitative estimate of drug-likeness (QED) is 0.803. The average molecular weight is 262 g/mol. The van der Waals surface area contributed by atoms with Crippen LogP contribution in [0.4, 0.5) is 0 Å². The lowest BCUT2D eigenvalue weighted by atomic mass is 10.2. The van der Waals surface area contributed by atoms with Crippen LogP contribution in [0.5, 0.6) is 0 Å². The fraction of sp³-hybridized carbons (Fsp3) is 0.714. The van der Waals surface area contributed by atoms with Gasteiger partial charge in [-0.1, -0.05) is 0 Å². The van der Waals surface area contributed by atoms with Crippen LogP contribution < -0.4 is 0 Å². The van der Waals surface area contributed by atoms with E-state index in [2.05, 4.69) is 10.00 Å². The van der Waals surface area contributed by atoms with Crippen molar-refractivity contribution in [2.75, 3.05) is 26.2 Å². The fourth-order valence-corrected chi connectivity index (χ4v) is 3.22. The van der Waals surface area contributed by atoms with Crippen molar-refractivity contribution in [3.8, 4) is 0 Å². The topological polar surface area (TPSA) is 41.4 Å². The molecule has 3 heterocycles. The summed E-state index contributed by atoms with van der Waals surface area (Å²) in [4.78, 5) is 16.8. The van der Waals surface area contributed by atoms with Crippen LogP contribution in [0.1, 0.15) is 24.8 Å². The van der Waals surface area contributed by atoms with Gasteiger partial charge in [-0.2, -0.15) is 5.10 Å². The Kier molecular flexibility index (Phi) is 3.55. The lowest BCUT2D eigenvalue weighted by Gasteiger charge is -2.23. The number of nitrogens with zero attached hydrogens (tertiary/aromatic N) is 4. The van der Waals surface area contributed by atoms with Crippen LogP contribution in [0.2, 0.25) is 0 Å². The van der Waals surface area contributed by atoms with Gasteiger partial charge in [0.05, 0.1) is 12.6 Å². The van der Waals surface area contributed by atoms with Crippen LogP contribution in [-0.2, 0) is 18.3 Å². The molecule has 1 unspecified atom stereocenters. The zero-order valence-corrected chi connectivity index (χ0v) is 11.6. The van der Waals surface area contributed by atoms with E-state index in [4.69, 9.17) is 0 Å². The van der Waals surface area contributed by atoms with Gasteiger partial charge < -0.3 is 4.90 Å². The molecule has 2 aliphatic rings. The highest BCUT2D eigenvalue weighted by molar-refractivity contribution is 5.79. The van der Waals surface area contributed by atoms with Gasteiger partial charge in [0.2, 0.25) is 5.91 Å². The molecule has 0 spiro atoms. The van der Waals surface area contributed by atoms with Crippen molar-refractivity contribution in [2.45, 2.75) is 31.7 Å². The van der Waals surface area contributed by atoms with E-state index in [0.29, 0.717) is 12.5 Å². The largest absolute Gasteiger partial charge is 0.341 e. The second kappa shape index (κ2) is 5.33. The Hall–Kier alpha value is -1.36. The SMILES string of the molecule is Cn1cc(CC(=O)N2CCC(N3CCCC3)C2)cn1. The molecule has 0 radical (unpaired) electrons. The summed E-state index contributed by atoms with van der Waals surface area (Å²) in [7, 11) is 1.88. The van der Waals surface area contributed by atoms with Crippen LogP contribution >= 0.6 is 0 Å². The van der Waals surface area contributed by atoms with Crippen LogP contribution in [0.25, 0.3) is 0 Å². The van der Waals surface area contributed by atoms with Crippen molar-refractivity contribution < 1.29 is 4.79 Å². The van der Waals surface area contributed by atoms with Crippen LogP contribution in [0, 0.1) is 0 Å². The standard InChI is InChI=1S/C14H22N4O/c1-16-10-12(9-15-16)8-14(19)18-7-4-13(11-18)17-5-2-3-6-17/h9-10,13H,2-8,11H2,1H3. The fourth-order valence-electron chi connectivity index (χ4n) is 3.22. The normalized spacial score (nSPS) is 24.3. The second-order valence-electron chi connectivity index (χ2n) is 5.72. The maximum Gasteiger partial charge on any atom is 0.227 e. The number of aryl methyl sites for hydroxylation is 1. The highest BCUT2D eigenvalue weighted by Gasteiger charge is 2.31. The Balaban J connectivity index is 1.53. The van der Waals surface area contributed by atoms with Crippen molar-refractivity contribution >= 4 is 5.91 Å². The maximum atomic E-state index is 12.3. The van der Waals surface area contributed by atoms with Crippen molar-refractivity contribution in [3.63, 3.8) is 0 Å². The first-order valence-corrected chi connectivity index (χ1v) is 7.22. The molecule has 5 nitrogen and oxygen atoms in total. The monoisotopic (exact) mass is 262 g/mol. The van der Waals surface area contributed by atoms with Gasteiger partial charge in [0.15, 0.2) is 0 Å². The first kappa shape index (κ1) is 12.7. The lowest BCUT2D eigenvalue weighted by Crippen LogP contribution is -2.37. The minimum atomic E-state index is 0.245. The zero-order valence-electron chi connectivity index (χ0n) is 11.6. The zero-order chi connectivity index (χ0) is 13.2. The predicted molar refractivity (Wildman–Crippen MR) is 72.7 cm³/mol. The highest BCUT2D eigenvalue weighted by Crippen LogP contribution is 2.20. The molecule has 2 saturated heterocycles. The van der Waals surface area contributed by atoms with E-state index in [0.717, 1.165) is 25.1 Å². The van der Waals surface area contributed by atoms with E-state index in [1.54, 1.807) is 10.9 Å². The summed E-state index contributed by atoms with van der Waals surface area (Å²) in [6, 6.07) is 0.598. The second-order valence-corrected chi connectivity index (χ2v) is 5.72. The molecule has 0 bridgehead atoms. The van der Waals surface area contributed by atoms with Gasteiger partial charge >= 0.3 is 0 Å². The molecule has 3 rings (SSSR count). The third kappa shape index (κ3) is 2.81. The molecule has 0 aliphatic carbocycles. The van der Waals surface area contributed by atoms with Crippen molar-refractivity contribution in [2.24, 2.45) is 7.05 Å². The molecule has 1 amide bonds. The van der Waals surface area contributed by atoms with E-state index < -0.39 is 0 Å². The molecule has 2 aliphatic heterocycles. The van der Waals surface area contributed by atoms with Crippen LogP contribution in [-0.4, -0.2) is 57.7 Å². The summed E-state index contributed by atoms with van der Waals surface area (Å²) in [5.41, 5.74) is 1.01. The number of aromatic nitrogens is 2. The van der Waals surface area contributed by atoms with Gasteiger partial charge in [0, 0.05) is 32.4 Å². The number of carbonyl (C=O) groups excluding carboxylic acids is 1. The number of amides is 1. The average Bonchev–Trinajstić information content (AvgIpc) is 3.08. The molecule has 1 aromatic heterocycles. The van der Waals surface area contributed by atoms with Gasteiger partial charge in [-0.3, -0.25) is 14.4 Å². The van der Waals surface area contributed by atoms with Gasteiger partial charge in [0.25, 0.3) is 0 Å². The van der Waals surface area contributed by atoms with E-state index in [1.165, 1.54) is 25.9 Å². The van der Waals surface area contributed by atoms with E-state index >= 15 is 0 Å². The van der Waals surface area contributed by atoms with Crippen molar-refractivity contribution in [1.82, 2.24) is 19.6 Å². The molecule has 5 heteroatoms. The molecular formula is C14H22N4O. The van der Waals surface area contributed by atoms with Crippen LogP contribution in [0.3, 0.4) is 0 Å².